The maximum absolute atomic E-state index is 13.9. The van der Waals surface area contributed by atoms with Crippen LogP contribution in [0.4, 0.5) is 5.69 Å². The van der Waals surface area contributed by atoms with E-state index in [1.54, 1.807) is 18.2 Å². The van der Waals surface area contributed by atoms with Gasteiger partial charge in [0.05, 0.1) is 6.04 Å². The van der Waals surface area contributed by atoms with Gasteiger partial charge in [-0.3, -0.25) is 9.59 Å². The van der Waals surface area contributed by atoms with Gasteiger partial charge in [0.25, 0.3) is 0 Å². The second-order valence-electron chi connectivity index (χ2n) is 8.33. The number of fused-ring (bicyclic) bond motifs is 2. The Bertz CT molecular complexity index is 1280. The van der Waals surface area contributed by atoms with E-state index in [4.69, 9.17) is 23.2 Å². The summed E-state index contributed by atoms with van der Waals surface area (Å²) in [5.41, 5.74) is 3.26. The van der Waals surface area contributed by atoms with Gasteiger partial charge in [0.2, 0.25) is 11.8 Å². The average molecular weight is 577 g/mol. The molecular weight excluding hydrogens is 558 g/mol. The third-order valence-corrected chi connectivity index (χ3v) is 7.70. The molecule has 0 bridgehead atoms. The van der Waals surface area contributed by atoms with E-state index in [0.29, 0.717) is 15.7 Å². The van der Waals surface area contributed by atoms with Crippen molar-refractivity contribution in [1.82, 2.24) is 5.32 Å². The molecule has 0 saturated carbocycles. The quantitative estimate of drug-likeness (QED) is 0.360. The lowest BCUT2D eigenvalue weighted by Crippen LogP contribution is -2.57. The van der Waals surface area contributed by atoms with Crippen molar-refractivity contribution in [2.75, 3.05) is 5.32 Å². The van der Waals surface area contributed by atoms with Crippen LogP contribution in [0.2, 0.25) is 10.0 Å². The van der Waals surface area contributed by atoms with Crippen LogP contribution in [0.1, 0.15) is 40.6 Å². The van der Waals surface area contributed by atoms with E-state index in [1.165, 1.54) is 0 Å². The number of benzene rings is 3. The van der Waals surface area contributed by atoms with Crippen LogP contribution in [-0.2, 0) is 15.0 Å². The number of aryl methyl sites for hydroxylation is 1. The zero-order valence-electron chi connectivity index (χ0n) is 17.1. The molecule has 1 spiro atoms. The predicted molar refractivity (Wildman–Crippen MR) is 135 cm³/mol. The summed E-state index contributed by atoms with van der Waals surface area (Å²) in [5, 5.41) is 7.33. The van der Waals surface area contributed by atoms with Gasteiger partial charge in [-0.1, -0.05) is 47.5 Å². The second kappa shape index (κ2) is 8.04. The molecule has 5 rings (SSSR count). The van der Waals surface area contributed by atoms with Crippen molar-refractivity contribution < 1.29 is 9.59 Å². The maximum Gasteiger partial charge on any atom is 0.238 e. The van der Waals surface area contributed by atoms with E-state index in [1.807, 2.05) is 49.4 Å². The number of carbonyl (C=O) groups is 2. The van der Waals surface area contributed by atoms with Crippen LogP contribution < -0.4 is 10.6 Å². The number of anilines is 1. The normalized spacial score (nSPS) is 24.2. The van der Waals surface area contributed by atoms with E-state index < -0.39 is 17.4 Å². The van der Waals surface area contributed by atoms with Crippen molar-refractivity contribution in [2.24, 2.45) is 0 Å². The molecule has 2 aliphatic heterocycles. The number of rotatable bonds is 2. The van der Waals surface area contributed by atoms with Crippen LogP contribution in [0.3, 0.4) is 0 Å². The third-order valence-electron chi connectivity index (χ3n) is 6.55. The highest BCUT2D eigenvalue weighted by atomic mass is 127. The Morgan fingerprint density at radius 3 is 2.56 bits per heavy atom. The van der Waals surface area contributed by atoms with Crippen LogP contribution in [0.25, 0.3) is 0 Å². The number of nitrogens with one attached hydrogen (secondary N) is 2. The topological polar surface area (TPSA) is 58.2 Å². The first kappa shape index (κ1) is 21.7. The molecule has 3 aromatic rings. The standard InChI is InChI=1S/C25H19Cl2IN2O2/c1-13-5-7-17(28)11-18(13)23-25(19-8-6-16(27)10-21(19)29-24(25)32)20(12-22(31)30-23)14-3-2-4-15(26)9-14/h2-11,20,23H,12H2,1H3,(H,29,32)(H,30,31)/t20-,23+,25-/m0/s1. The zero-order valence-corrected chi connectivity index (χ0v) is 20.8. The van der Waals surface area contributed by atoms with Gasteiger partial charge in [-0.25, -0.2) is 0 Å². The van der Waals surface area contributed by atoms with Crippen LogP contribution in [-0.4, -0.2) is 11.8 Å². The summed E-state index contributed by atoms with van der Waals surface area (Å²) in [6.07, 6.45) is 0.176. The Kier molecular flexibility index (Phi) is 5.47. The molecule has 3 aromatic carbocycles. The Labute approximate surface area is 209 Å². The molecule has 1 saturated heterocycles. The van der Waals surface area contributed by atoms with E-state index >= 15 is 0 Å². The van der Waals surface area contributed by atoms with Gasteiger partial charge in [-0.05, 0) is 88.2 Å². The molecule has 0 aliphatic carbocycles. The molecule has 32 heavy (non-hydrogen) atoms. The van der Waals surface area contributed by atoms with E-state index in [0.717, 1.165) is 25.8 Å². The van der Waals surface area contributed by atoms with Gasteiger partial charge < -0.3 is 10.6 Å². The lowest BCUT2D eigenvalue weighted by Gasteiger charge is -2.46. The Morgan fingerprint density at radius 2 is 1.78 bits per heavy atom. The van der Waals surface area contributed by atoms with Gasteiger partial charge in [0, 0.05) is 31.6 Å². The van der Waals surface area contributed by atoms with Crippen molar-refractivity contribution >= 4 is 63.3 Å². The summed E-state index contributed by atoms with van der Waals surface area (Å²) in [6.45, 7) is 2.00. The highest BCUT2D eigenvalue weighted by Gasteiger charge is 2.61. The summed E-state index contributed by atoms with van der Waals surface area (Å²) < 4.78 is 1.03. The van der Waals surface area contributed by atoms with Crippen molar-refractivity contribution in [3.05, 3.63) is 96.5 Å². The molecule has 7 heteroatoms. The molecule has 4 nitrogen and oxygen atoms in total. The smallest absolute Gasteiger partial charge is 0.238 e. The molecule has 2 N–H and O–H groups in total. The first-order valence-corrected chi connectivity index (χ1v) is 12.1. The number of piperidine rings is 1. The number of carbonyl (C=O) groups excluding carboxylic acids is 2. The largest absolute Gasteiger partial charge is 0.348 e. The molecule has 2 heterocycles. The molecule has 0 unspecified atom stereocenters. The molecule has 162 valence electrons. The van der Waals surface area contributed by atoms with Crippen molar-refractivity contribution in [2.45, 2.75) is 30.7 Å². The summed E-state index contributed by atoms with van der Waals surface area (Å²) >= 11 is 14.8. The van der Waals surface area contributed by atoms with E-state index in [9.17, 15) is 9.59 Å². The number of halogens is 3. The van der Waals surface area contributed by atoms with E-state index in [2.05, 4.69) is 33.2 Å². The van der Waals surface area contributed by atoms with Crippen molar-refractivity contribution in [1.29, 1.82) is 0 Å². The number of hydrogen-bond donors (Lipinski definition) is 2. The maximum atomic E-state index is 13.9. The number of hydrogen-bond acceptors (Lipinski definition) is 2. The van der Waals surface area contributed by atoms with Gasteiger partial charge in [0.15, 0.2) is 0 Å². The fourth-order valence-corrected chi connectivity index (χ4v) is 6.08. The van der Waals surface area contributed by atoms with E-state index in [-0.39, 0.29) is 18.2 Å². The van der Waals surface area contributed by atoms with Gasteiger partial charge >= 0.3 is 0 Å². The minimum atomic E-state index is -1.05. The first-order chi connectivity index (χ1) is 15.3. The van der Waals surface area contributed by atoms with Crippen LogP contribution in [0, 0.1) is 10.5 Å². The lowest BCUT2D eigenvalue weighted by atomic mass is 9.59. The van der Waals surface area contributed by atoms with Gasteiger partial charge in [-0.15, -0.1) is 0 Å². The molecule has 0 aromatic heterocycles. The monoisotopic (exact) mass is 576 g/mol. The Morgan fingerprint density at radius 1 is 1.00 bits per heavy atom. The fraction of sp³-hybridized carbons (Fsp3) is 0.200. The number of amides is 2. The molecule has 1 fully saturated rings. The predicted octanol–water partition coefficient (Wildman–Crippen LogP) is 6.14. The Balaban J connectivity index is 1.83. The summed E-state index contributed by atoms with van der Waals surface area (Å²) in [5.74, 6) is -0.651. The summed E-state index contributed by atoms with van der Waals surface area (Å²) in [6, 6.07) is 18.5. The first-order valence-electron chi connectivity index (χ1n) is 10.2. The van der Waals surface area contributed by atoms with Crippen LogP contribution in [0.5, 0.6) is 0 Å². The highest BCUT2D eigenvalue weighted by Crippen LogP contribution is 2.58. The minimum absolute atomic E-state index is 0.0981. The van der Waals surface area contributed by atoms with Crippen molar-refractivity contribution in [3.8, 4) is 0 Å². The zero-order chi connectivity index (χ0) is 22.6. The fourth-order valence-electron chi connectivity index (χ4n) is 5.19. The SMILES string of the molecule is Cc1ccc(I)cc1[C@H]1NC(=O)C[C@@H](c2cccc(Cl)c2)[C@]12C(=O)Nc1cc(Cl)ccc12. The molecular formula is C25H19Cl2IN2O2. The lowest BCUT2D eigenvalue weighted by molar-refractivity contribution is -0.131. The Hall–Kier alpha value is -2.09. The third kappa shape index (κ3) is 3.33. The second-order valence-corrected chi connectivity index (χ2v) is 10.4. The minimum Gasteiger partial charge on any atom is -0.348 e. The van der Waals surface area contributed by atoms with Crippen molar-refractivity contribution in [3.63, 3.8) is 0 Å². The van der Waals surface area contributed by atoms with Gasteiger partial charge in [-0.2, -0.15) is 0 Å². The molecule has 3 atom stereocenters. The van der Waals surface area contributed by atoms with Crippen LogP contribution in [0.15, 0.2) is 60.7 Å². The van der Waals surface area contributed by atoms with Crippen LogP contribution >= 0.6 is 45.8 Å². The summed E-state index contributed by atoms with van der Waals surface area (Å²) in [7, 11) is 0. The summed E-state index contributed by atoms with van der Waals surface area (Å²) in [4.78, 5) is 27.0. The molecule has 2 aliphatic rings. The highest BCUT2D eigenvalue weighted by molar-refractivity contribution is 14.1. The molecule has 0 radical (unpaired) electrons. The molecule has 2 amide bonds. The average Bonchev–Trinajstić information content (AvgIpc) is 3.02. The van der Waals surface area contributed by atoms with Gasteiger partial charge in [0.1, 0.15) is 5.41 Å².